The van der Waals surface area contributed by atoms with Crippen LogP contribution in [0, 0.1) is 10.5 Å². The Kier molecular flexibility index (Phi) is 5.52. The molecule has 5 nitrogen and oxygen atoms in total. The highest BCUT2D eigenvalue weighted by Crippen LogP contribution is 2.23. The number of rotatable bonds is 5. The van der Waals surface area contributed by atoms with Gasteiger partial charge in [0.05, 0.1) is 5.75 Å². The van der Waals surface area contributed by atoms with Crippen molar-refractivity contribution in [3.05, 3.63) is 57.7 Å². The van der Waals surface area contributed by atoms with Crippen LogP contribution < -0.4 is 5.32 Å². The van der Waals surface area contributed by atoms with Crippen LogP contribution >= 0.6 is 34.4 Å². The molecule has 0 aliphatic rings. The van der Waals surface area contributed by atoms with Gasteiger partial charge in [-0.15, -0.1) is 10.2 Å². The molecule has 122 valence electrons. The molecule has 7 heteroatoms. The van der Waals surface area contributed by atoms with Crippen LogP contribution in [0.2, 0.25) is 0 Å². The van der Waals surface area contributed by atoms with Crippen LogP contribution in [0.5, 0.6) is 0 Å². The fraction of sp³-hybridized carbons (Fsp3) is 0.118. The predicted molar refractivity (Wildman–Crippen MR) is 103 cm³/mol. The third-order valence-corrected chi connectivity index (χ3v) is 4.70. The minimum atomic E-state index is -0.115. The van der Waals surface area contributed by atoms with E-state index in [1.54, 1.807) is 0 Å². The van der Waals surface area contributed by atoms with E-state index in [0.717, 1.165) is 14.8 Å². The fourth-order valence-corrected chi connectivity index (χ4v) is 2.86. The van der Waals surface area contributed by atoms with E-state index in [9.17, 15) is 4.79 Å². The van der Waals surface area contributed by atoms with E-state index >= 15 is 0 Å². The van der Waals surface area contributed by atoms with Gasteiger partial charge < -0.3 is 9.73 Å². The first kappa shape index (κ1) is 17.0. The van der Waals surface area contributed by atoms with Crippen molar-refractivity contribution in [1.29, 1.82) is 0 Å². The number of anilines is 1. The fourth-order valence-electron chi connectivity index (χ4n) is 1.94. The lowest BCUT2D eigenvalue weighted by atomic mass is 10.1. The monoisotopic (exact) mass is 451 g/mol. The first-order valence-corrected chi connectivity index (χ1v) is 9.25. The first-order chi connectivity index (χ1) is 11.6. The zero-order chi connectivity index (χ0) is 16.9. The average molecular weight is 451 g/mol. The Hall–Kier alpha value is -1.87. The summed E-state index contributed by atoms with van der Waals surface area (Å²) in [5.74, 6) is 0.550. The molecule has 1 N–H and O–H groups in total. The number of nitrogens with zero attached hydrogens (tertiary/aromatic N) is 2. The lowest BCUT2D eigenvalue weighted by molar-refractivity contribution is -0.113. The van der Waals surface area contributed by atoms with Gasteiger partial charge >= 0.3 is 0 Å². The molecule has 0 bridgehead atoms. The summed E-state index contributed by atoms with van der Waals surface area (Å²) in [5.41, 5.74) is 2.80. The highest BCUT2D eigenvalue weighted by atomic mass is 127. The Morgan fingerprint density at radius 2 is 1.83 bits per heavy atom. The average Bonchev–Trinajstić information content (AvgIpc) is 3.05. The van der Waals surface area contributed by atoms with Crippen LogP contribution in [0.4, 0.5) is 5.69 Å². The van der Waals surface area contributed by atoms with Crippen LogP contribution in [0.1, 0.15) is 5.56 Å². The van der Waals surface area contributed by atoms with Gasteiger partial charge in [0, 0.05) is 14.8 Å². The second kappa shape index (κ2) is 7.80. The predicted octanol–water partition coefficient (Wildman–Crippen LogP) is 4.38. The summed E-state index contributed by atoms with van der Waals surface area (Å²) in [6, 6.07) is 15.5. The van der Waals surface area contributed by atoms with E-state index in [4.69, 9.17) is 4.42 Å². The van der Waals surface area contributed by atoms with Gasteiger partial charge in [-0.05, 0) is 65.9 Å². The van der Waals surface area contributed by atoms with E-state index in [1.807, 2.05) is 55.5 Å². The number of carbonyl (C=O) groups excluding carboxylic acids is 1. The molecule has 0 aliphatic heterocycles. The number of aromatic nitrogens is 2. The quantitative estimate of drug-likeness (QED) is 0.461. The van der Waals surface area contributed by atoms with E-state index in [1.165, 1.54) is 17.3 Å². The van der Waals surface area contributed by atoms with Crippen molar-refractivity contribution in [2.24, 2.45) is 0 Å². The Labute approximate surface area is 157 Å². The van der Waals surface area contributed by atoms with Gasteiger partial charge in [0.15, 0.2) is 0 Å². The molecule has 1 heterocycles. The summed E-state index contributed by atoms with van der Waals surface area (Å²) in [5, 5.41) is 11.2. The molecule has 0 saturated heterocycles. The van der Waals surface area contributed by atoms with Gasteiger partial charge in [-0.3, -0.25) is 4.79 Å². The molecule has 3 rings (SSSR count). The van der Waals surface area contributed by atoms with E-state index in [-0.39, 0.29) is 11.7 Å². The molecular formula is C17H14IN3O2S. The van der Waals surface area contributed by atoms with Crippen molar-refractivity contribution in [3.63, 3.8) is 0 Å². The topological polar surface area (TPSA) is 68.0 Å². The van der Waals surface area contributed by atoms with Gasteiger partial charge in [-0.2, -0.15) is 0 Å². The third-order valence-electron chi connectivity index (χ3n) is 3.16. The number of amides is 1. The summed E-state index contributed by atoms with van der Waals surface area (Å²) in [6.45, 7) is 2.02. The van der Waals surface area contributed by atoms with Gasteiger partial charge in [0.1, 0.15) is 0 Å². The van der Waals surface area contributed by atoms with Crippen LogP contribution in [0.3, 0.4) is 0 Å². The number of benzene rings is 2. The Morgan fingerprint density at radius 1 is 1.12 bits per heavy atom. The summed E-state index contributed by atoms with van der Waals surface area (Å²) in [7, 11) is 0. The molecule has 1 amide bonds. The number of hydrogen-bond donors (Lipinski definition) is 1. The zero-order valence-electron chi connectivity index (χ0n) is 12.8. The minimum absolute atomic E-state index is 0.115. The zero-order valence-corrected chi connectivity index (χ0v) is 15.8. The molecule has 2 aromatic carbocycles. The largest absolute Gasteiger partial charge is 0.411 e. The Morgan fingerprint density at radius 3 is 2.54 bits per heavy atom. The molecule has 0 spiro atoms. The number of aryl methyl sites for hydroxylation is 1. The van der Waals surface area contributed by atoms with E-state index < -0.39 is 0 Å². The maximum atomic E-state index is 12.0. The van der Waals surface area contributed by atoms with Crippen LogP contribution in [0.25, 0.3) is 11.5 Å². The first-order valence-electron chi connectivity index (χ1n) is 7.19. The molecule has 0 atom stereocenters. The third kappa shape index (κ3) is 4.57. The molecule has 0 saturated carbocycles. The lowest BCUT2D eigenvalue weighted by Crippen LogP contribution is -2.13. The van der Waals surface area contributed by atoms with E-state index in [2.05, 4.69) is 38.1 Å². The second-order valence-electron chi connectivity index (χ2n) is 5.08. The SMILES string of the molecule is Cc1ccc(-c2nnc(SCC(=O)Nc3ccc(I)cc3)o2)cc1. The summed E-state index contributed by atoms with van der Waals surface area (Å²) in [6.07, 6.45) is 0. The van der Waals surface area contributed by atoms with Gasteiger partial charge in [-0.1, -0.05) is 29.5 Å². The van der Waals surface area contributed by atoms with Crippen molar-refractivity contribution in [1.82, 2.24) is 10.2 Å². The normalized spacial score (nSPS) is 10.6. The number of hydrogen-bond acceptors (Lipinski definition) is 5. The van der Waals surface area contributed by atoms with Crippen LogP contribution in [-0.2, 0) is 4.79 Å². The number of thioether (sulfide) groups is 1. The smallest absolute Gasteiger partial charge is 0.277 e. The highest BCUT2D eigenvalue weighted by molar-refractivity contribution is 14.1. The maximum absolute atomic E-state index is 12.0. The van der Waals surface area contributed by atoms with Crippen molar-refractivity contribution < 1.29 is 9.21 Å². The number of nitrogens with one attached hydrogen (secondary N) is 1. The van der Waals surface area contributed by atoms with Gasteiger partial charge in [0.2, 0.25) is 11.8 Å². The summed E-state index contributed by atoms with van der Waals surface area (Å²) < 4.78 is 6.71. The molecule has 24 heavy (non-hydrogen) atoms. The Bertz CT molecular complexity index is 832. The van der Waals surface area contributed by atoms with Crippen molar-refractivity contribution >= 4 is 45.9 Å². The van der Waals surface area contributed by atoms with Crippen molar-refractivity contribution in [2.45, 2.75) is 12.1 Å². The molecule has 0 aliphatic carbocycles. The summed E-state index contributed by atoms with van der Waals surface area (Å²) >= 11 is 3.43. The maximum Gasteiger partial charge on any atom is 0.277 e. The Balaban J connectivity index is 1.56. The molecule has 0 radical (unpaired) electrons. The van der Waals surface area contributed by atoms with E-state index in [0.29, 0.717) is 11.1 Å². The molecule has 0 fully saturated rings. The van der Waals surface area contributed by atoms with Crippen molar-refractivity contribution in [2.75, 3.05) is 11.1 Å². The molecule has 1 aromatic heterocycles. The molecule has 3 aromatic rings. The minimum Gasteiger partial charge on any atom is -0.411 e. The van der Waals surface area contributed by atoms with Crippen LogP contribution in [-0.4, -0.2) is 21.9 Å². The lowest BCUT2D eigenvalue weighted by Gasteiger charge is -2.03. The van der Waals surface area contributed by atoms with Gasteiger partial charge in [0.25, 0.3) is 5.22 Å². The molecule has 0 unspecified atom stereocenters. The number of carbonyl (C=O) groups is 1. The standard InChI is InChI=1S/C17H14IN3O2S/c1-11-2-4-12(5-3-11)16-20-21-17(23-16)24-10-15(22)19-14-8-6-13(18)7-9-14/h2-9H,10H2,1H3,(H,19,22). The van der Waals surface area contributed by atoms with Crippen molar-refractivity contribution in [3.8, 4) is 11.5 Å². The summed E-state index contributed by atoms with van der Waals surface area (Å²) in [4.78, 5) is 12.0. The van der Waals surface area contributed by atoms with Crippen LogP contribution in [0.15, 0.2) is 58.2 Å². The highest BCUT2D eigenvalue weighted by Gasteiger charge is 2.11. The van der Waals surface area contributed by atoms with Gasteiger partial charge in [-0.25, -0.2) is 0 Å². The second-order valence-corrected chi connectivity index (χ2v) is 7.26. The number of halogens is 1. The molecular weight excluding hydrogens is 437 g/mol.